The molecule has 4 amide bonds. The maximum Gasteiger partial charge on any atom is 0.258 e. The first-order valence-electron chi connectivity index (χ1n) is 19.1. The number of carbonyl (C=O) groups is 6. The average molecular weight is 986 g/mol. The lowest BCUT2D eigenvalue weighted by atomic mass is 9.98. The van der Waals surface area contributed by atoms with Gasteiger partial charge in [-0.1, -0.05) is 83.5 Å². The van der Waals surface area contributed by atoms with Crippen LogP contribution < -0.4 is 21.3 Å². The summed E-state index contributed by atoms with van der Waals surface area (Å²) in [5.41, 5.74) is 3.04. The average Bonchev–Trinajstić information content (AvgIpc) is 3.24. The molecular weight excluding hydrogens is 949 g/mol. The highest BCUT2D eigenvalue weighted by molar-refractivity contribution is 6.42. The first-order valence-corrected chi connectivity index (χ1v) is 21.4. The molecule has 0 aromatic heterocycles. The number of nitrogens with zero attached hydrogens (tertiary/aromatic N) is 4. The van der Waals surface area contributed by atoms with Gasteiger partial charge in [-0.2, -0.15) is 20.5 Å². The van der Waals surface area contributed by atoms with Crippen molar-refractivity contribution in [3.05, 3.63) is 137 Å². The van der Waals surface area contributed by atoms with Crippen molar-refractivity contribution < 1.29 is 28.8 Å². The van der Waals surface area contributed by atoms with E-state index in [9.17, 15) is 28.8 Å². The van der Waals surface area contributed by atoms with Gasteiger partial charge < -0.3 is 21.3 Å². The molecule has 330 valence electrons. The highest BCUT2D eigenvalue weighted by atomic mass is 35.5. The normalized spacial score (nSPS) is 12.2. The van der Waals surface area contributed by atoms with E-state index in [4.69, 9.17) is 69.6 Å². The zero-order valence-corrected chi connectivity index (χ0v) is 38.7. The first kappa shape index (κ1) is 49.3. The van der Waals surface area contributed by atoms with Crippen molar-refractivity contribution in [3.63, 3.8) is 0 Å². The number of hydrogen-bond donors (Lipinski definition) is 4. The van der Waals surface area contributed by atoms with Crippen LogP contribution in [0.15, 0.2) is 105 Å². The van der Waals surface area contributed by atoms with Crippen LogP contribution in [0, 0.1) is 0 Å². The molecule has 0 fully saturated rings. The number of carbonyl (C=O) groups excluding carboxylic acids is 6. The third-order valence-corrected chi connectivity index (χ3v) is 11.4. The van der Waals surface area contributed by atoms with E-state index in [1.54, 1.807) is 12.1 Å². The van der Waals surface area contributed by atoms with E-state index >= 15 is 0 Å². The molecule has 5 rings (SSSR count). The van der Waals surface area contributed by atoms with Gasteiger partial charge in [0.25, 0.3) is 23.6 Å². The fourth-order valence-electron chi connectivity index (χ4n) is 6.03. The Bertz CT molecular complexity index is 2560. The standard InChI is InChI=1S/C44H36Cl6N8O6/c1-5-27-28(6-2)36(54-44(64)40(22(4)60)58-56-38-18-24(8-12-32(38)48)42(62)52-26-10-14-30(46)34(50)20-26)16-15-35(27)53-43(63)39(21(3)59)57-55-37-17-23(7-11-31(37)47)41(61)51-25-9-13-29(45)33(49)19-25/h7-20,39-40H,5-6H2,1-4H3,(H,51,61)(H,52,62)(H,53,63)(H,54,64). The molecule has 0 aliphatic rings. The van der Waals surface area contributed by atoms with Crippen molar-refractivity contribution in [2.75, 3.05) is 21.3 Å². The lowest BCUT2D eigenvalue weighted by Gasteiger charge is -2.20. The Labute approximate surface area is 397 Å². The fraction of sp³-hybridized carbons (Fsp3) is 0.182. The van der Waals surface area contributed by atoms with Gasteiger partial charge in [-0.15, -0.1) is 0 Å². The van der Waals surface area contributed by atoms with Gasteiger partial charge in [0, 0.05) is 33.9 Å². The van der Waals surface area contributed by atoms with Crippen LogP contribution in [0.4, 0.5) is 34.1 Å². The van der Waals surface area contributed by atoms with Gasteiger partial charge in [0.2, 0.25) is 12.1 Å². The van der Waals surface area contributed by atoms with Gasteiger partial charge in [0.1, 0.15) is 11.4 Å². The molecule has 0 heterocycles. The number of azo groups is 2. The van der Waals surface area contributed by atoms with Crippen LogP contribution in [0.1, 0.15) is 59.5 Å². The van der Waals surface area contributed by atoms with Crippen LogP contribution in [0.3, 0.4) is 0 Å². The number of amides is 4. The largest absolute Gasteiger partial charge is 0.323 e. The summed E-state index contributed by atoms with van der Waals surface area (Å²) in [6.07, 6.45) is 0.759. The molecule has 0 bridgehead atoms. The SMILES string of the molecule is CCc1c(NC(=O)C(N=Nc2cc(C(=O)Nc3ccc(Cl)c(Cl)c3)ccc2Cl)C(C)=O)ccc(NC(=O)C(N=Nc2cc(C(=O)Nc3ccc(Cl)c(Cl)c3)ccc2Cl)C(C)=O)c1CC. The Hall–Kier alpha value is -5.74. The summed E-state index contributed by atoms with van der Waals surface area (Å²) < 4.78 is 0. The number of ketones is 2. The van der Waals surface area contributed by atoms with Crippen molar-refractivity contribution in [2.24, 2.45) is 20.5 Å². The molecule has 0 saturated heterocycles. The third kappa shape index (κ3) is 12.5. The van der Waals surface area contributed by atoms with Gasteiger partial charge in [0.05, 0.1) is 30.1 Å². The number of nitrogens with one attached hydrogen (secondary N) is 4. The number of benzene rings is 5. The molecule has 4 N–H and O–H groups in total. The molecule has 2 atom stereocenters. The van der Waals surface area contributed by atoms with Gasteiger partial charge in [-0.05, 0) is 123 Å². The lowest BCUT2D eigenvalue weighted by molar-refractivity contribution is -0.127. The van der Waals surface area contributed by atoms with E-state index in [1.165, 1.54) is 86.6 Å². The van der Waals surface area contributed by atoms with Gasteiger partial charge in [-0.3, -0.25) is 28.8 Å². The van der Waals surface area contributed by atoms with Gasteiger partial charge in [-0.25, -0.2) is 0 Å². The minimum atomic E-state index is -1.60. The highest BCUT2D eigenvalue weighted by Gasteiger charge is 2.27. The smallest absolute Gasteiger partial charge is 0.258 e. The summed E-state index contributed by atoms with van der Waals surface area (Å²) in [7, 11) is 0. The quantitative estimate of drug-likeness (QED) is 0.0560. The summed E-state index contributed by atoms with van der Waals surface area (Å²) in [5, 5.41) is 28.3. The van der Waals surface area contributed by atoms with Crippen LogP contribution in [0.5, 0.6) is 0 Å². The summed E-state index contributed by atoms with van der Waals surface area (Å²) in [6, 6.07) is 17.5. The van der Waals surface area contributed by atoms with E-state index in [0.717, 1.165) is 0 Å². The van der Waals surface area contributed by atoms with E-state index in [-0.39, 0.29) is 42.6 Å². The topological polar surface area (TPSA) is 200 Å². The van der Waals surface area contributed by atoms with E-state index in [0.29, 0.717) is 56.8 Å². The highest BCUT2D eigenvalue weighted by Crippen LogP contribution is 2.33. The number of halogens is 6. The molecule has 0 aliphatic heterocycles. The van der Waals surface area contributed by atoms with E-state index in [2.05, 4.69) is 41.7 Å². The molecule has 5 aromatic carbocycles. The van der Waals surface area contributed by atoms with Crippen molar-refractivity contribution in [1.82, 2.24) is 0 Å². The maximum absolute atomic E-state index is 13.6. The van der Waals surface area contributed by atoms with Gasteiger partial charge in [0.15, 0.2) is 11.6 Å². The van der Waals surface area contributed by atoms with Crippen molar-refractivity contribution in [2.45, 2.75) is 52.6 Å². The van der Waals surface area contributed by atoms with Crippen molar-refractivity contribution >= 4 is 139 Å². The zero-order chi connectivity index (χ0) is 46.8. The summed E-state index contributed by atoms with van der Waals surface area (Å²) in [4.78, 5) is 78.6. The van der Waals surface area contributed by atoms with E-state index in [1.807, 2.05) is 13.8 Å². The molecular formula is C44H36Cl6N8O6. The summed E-state index contributed by atoms with van der Waals surface area (Å²) in [6.45, 7) is 6.01. The lowest BCUT2D eigenvalue weighted by Crippen LogP contribution is -2.33. The Kier molecular flexibility index (Phi) is 17.1. The molecule has 0 aliphatic carbocycles. The number of rotatable bonds is 16. The molecule has 5 aromatic rings. The molecule has 64 heavy (non-hydrogen) atoms. The minimum Gasteiger partial charge on any atom is -0.323 e. The molecule has 0 spiro atoms. The Morgan fingerprint density at radius 2 is 0.828 bits per heavy atom. The summed E-state index contributed by atoms with van der Waals surface area (Å²) >= 11 is 36.7. The Morgan fingerprint density at radius 3 is 1.16 bits per heavy atom. The monoisotopic (exact) mass is 982 g/mol. The predicted octanol–water partition coefficient (Wildman–Crippen LogP) is 12.6. The van der Waals surface area contributed by atoms with Gasteiger partial charge >= 0.3 is 0 Å². The van der Waals surface area contributed by atoms with Crippen LogP contribution in [0.25, 0.3) is 0 Å². The summed E-state index contributed by atoms with van der Waals surface area (Å²) in [5.74, 6) is -3.92. The third-order valence-electron chi connectivity index (χ3n) is 9.25. The van der Waals surface area contributed by atoms with Crippen LogP contribution in [0.2, 0.25) is 30.1 Å². The number of anilines is 4. The Morgan fingerprint density at radius 1 is 0.469 bits per heavy atom. The zero-order valence-electron chi connectivity index (χ0n) is 34.2. The second-order valence-electron chi connectivity index (χ2n) is 13.8. The van der Waals surface area contributed by atoms with Crippen LogP contribution in [-0.4, -0.2) is 47.3 Å². The first-order chi connectivity index (χ1) is 30.4. The number of Topliss-reactive ketones (excluding diaryl/α,β-unsaturated/α-hetero) is 2. The molecule has 2 unspecified atom stereocenters. The second-order valence-corrected chi connectivity index (χ2v) is 16.2. The minimum absolute atomic E-state index is 0.0221. The van der Waals surface area contributed by atoms with E-state index < -0.39 is 47.3 Å². The van der Waals surface area contributed by atoms with Crippen molar-refractivity contribution in [3.8, 4) is 0 Å². The van der Waals surface area contributed by atoms with Crippen LogP contribution >= 0.6 is 69.6 Å². The predicted molar refractivity (Wildman–Crippen MR) is 252 cm³/mol. The maximum atomic E-state index is 13.6. The van der Waals surface area contributed by atoms with Crippen molar-refractivity contribution in [1.29, 1.82) is 0 Å². The second kappa shape index (κ2) is 22.2. The Balaban J connectivity index is 1.31. The fourth-order valence-corrected chi connectivity index (χ4v) is 6.94. The molecule has 14 nitrogen and oxygen atoms in total. The number of hydrogen-bond acceptors (Lipinski definition) is 10. The molecule has 20 heteroatoms. The van der Waals surface area contributed by atoms with Crippen LogP contribution in [-0.2, 0) is 32.0 Å². The molecule has 0 radical (unpaired) electrons. The molecule has 0 saturated carbocycles.